The van der Waals surface area contributed by atoms with Crippen LogP contribution in [0.5, 0.6) is 0 Å². The van der Waals surface area contributed by atoms with Crippen molar-refractivity contribution < 1.29 is 9.90 Å². The van der Waals surface area contributed by atoms with Crippen LogP contribution in [0, 0.1) is 6.92 Å². The van der Waals surface area contributed by atoms with Crippen LogP contribution >= 0.6 is 23.4 Å². The summed E-state index contributed by atoms with van der Waals surface area (Å²) < 4.78 is 2.03. The minimum atomic E-state index is -0.835. The average molecular weight is 362 g/mol. The number of hydrogen-bond donors (Lipinski definition) is 1. The van der Waals surface area contributed by atoms with Crippen molar-refractivity contribution in [1.82, 2.24) is 4.57 Å². The Kier molecular flexibility index (Phi) is 5.97. The lowest BCUT2D eigenvalue weighted by Crippen LogP contribution is -2.26. The fourth-order valence-electron chi connectivity index (χ4n) is 2.38. The summed E-state index contributed by atoms with van der Waals surface area (Å²) >= 11 is 7.52. The number of carbonyl (C=O) groups is 1. The normalized spacial score (nSPS) is 12.7. The van der Waals surface area contributed by atoms with Gasteiger partial charge in [-0.05, 0) is 31.6 Å². The van der Waals surface area contributed by atoms with Crippen molar-refractivity contribution in [3.8, 4) is 0 Å². The largest absolute Gasteiger partial charge is 0.481 e. The first-order valence-electron chi connectivity index (χ1n) is 7.47. The molecule has 24 heavy (non-hydrogen) atoms. The molecule has 0 saturated carbocycles. The Morgan fingerprint density at radius 3 is 2.71 bits per heavy atom. The summed E-state index contributed by atoms with van der Waals surface area (Å²) in [6.45, 7) is 8.00. The van der Waals surface area contributed by atoms with Gasteiger partial charge in [0.25, 0.3) is 0 Å². The maximum atomic E-state index is 11.1. The molecule has 2 rings (SSSR count). The van der Waals surface area contributed by atoms with E-state index in [4.69, 9.17) is 16.7 Å². The van der Waals surface area contributed by atoms with Crippen molar-refractivity contribution in [1.29, 1.82) is 0 Å². The molecule has 1 aromatic carbocycles. The minimum Gasteiger partial charge on any atom is -0.481 e. The number of aromatic nitrogens is 1. The Morgan fingerprint density at radius 1 is 1.42 bits per heavy atom. The van der Waals surface area contributed by atoms with Gasteiger partial charge in [-0.25, -0.2) is 0 Å². The van der Waals surface area contributed by atoms with E-state index in [1.54, 1.807) is 11.8 Å². The molecule has 0 aliphatic rings. The number of nitrogens with zero attached hydrogens (tertiary/aromatic N) is 1. The van der Waals surface area contributed by atoms with Crippen molar-refractivity contribution in [3.63, 3.8) is 0 Å². The number of aliphatic carboxylic acids is 1. The topological polar surface area (TPSA) is 42.2 Å². The van der Waals surface area contributed by atoms with Crippen molar-refractivity contribution in [2.45, 2.75) is 30.1 Å². The van der Waals surface area contributed by atoms with Gasteiger partial charge >= 0.3 is 5.97 Å². The van der Waals surface area contributed by atoms with Crippen LogP contribution in [0.1, 0.15) is 18.2 Å². The zero-order valence-corrected chi connectivity index (χ0v) is 15.5. The summed E-state index contributed by atoms with van der Waals surface area (Å²) in [5.74, 6) is -0.835. The highest BCUT2D eigenvalue weighted by atomic mass is 35.5. The van der Waals surface area contributed by atoms with Gasteiger partial charge in [0.05, 0.1) is 6.42 Å². The van der Waals surface area contributed by atoms with Gasteiger partial charge in [-0.1, -0.05) is 54.2 Å². The lowest BCUT2D eigenvalue weighted by atomic mass is 10.1. The van der Waals surface area contributed by atoms with Gasteiger partial charge in [-0.2, -0.15) is 0 Å². The Labute approximate surface area is 151 Å². The molecular weight excluding hydrogens is 342 g/mol. The number of hydrogen-bond acceptors (Lipinski definition) is 2. The Hall–Kier alpha value is -1.91. The second-order valence-electron chi connectivity index (χ2n) is 5.53. The molecule has 126 valence electrons. The molecule has 0 amide bonds. The van der Waals surface area contributed by atoms with E-state index in [1.807, 2.05) is 61.9 Å². The number of carboxylic acids is 1. The van der Waals surface area contributed by atoms with E-state index in [0.29, 0.717) is 5.03 Å². The van der Waals surface area contributed by atoms with Gasteiger partial charge in [0.2, 0.25) is 0 Å². The van der Waals surface area contributed by atoms with Gasteiger partial charge < -0.3 is 9.67 Å². The third-order valence-electron chi connectivity index (χ3n) is 3.80. The van der Waals surface area contributed by atoms with Gasteiger partial charge in [-0.15, -0.1) is 0 Å². The molecule has 0 aliphatic heterocycles. The van der Waals surface area contributed by atoms with Crippen molar-refractivity contribution in [3.05, 3.63) is 57.2 Å². The molecule has 3 nitrogen and oxygen atoms in total. The van der Waals surface area contributed by atoms with Crippen LogP contribution in [0.15, 0.2) is 45.2 Å². The second-order valence-corrected chi connectivity index (χ2v) is 7.18. The third kappa shape index (κ3) is 4.13. The number of halogens is 1. The van der Waals surface area contributed by atoms with Gasteiger partial charge in [0.1, 0.15) is 0 Å². The van der Waals surface area contributed by atoms with E-state index < -0.39 is 5.97 Å². The maximum absolute atomic E-state index is 11.1. The standard InChI is InChI=1S/C19H20ClNO2S/c1-12(20)9-10-16-13(2)21(4)14(3)19(16)24-17-8-6-5-7-15(17)11-18(22)23/h5-10H,2,11H2,1,3-4H3,(H,22,23)/b12-9+,16-10+. The first-order valence-corrected chi connectivity index (χ1v) is 8.66. The highest BCUT2D eigenvalue weighted by Crippen LogP contribution is 2.30. The molecular formula is C19H20ClNO2S. The lowest BCUT2D eigenvalue weighted by Gasteiger charge is -2.07. The van der Waals surface area contributed by atoms with E-state index >= 15 is 0 Å². The highest BCUT2D eigenvalue weighted by molar-refractivity contribution is 7.99. The first kappa shape index (κ1) is 18.4. The quantitative estimate of drug-likeness (QED) is 0.887. The van der Waals surface area contributed by atoms with Gasteiger partial charge in [0, 0.05) is 38.1 Å². The number of benzene rings is 1. The molecule has 0 unspecified atom stereocenters. The molecule has 0 atom stereocenters. The molecule has 0 spiro atoms. The van der Waals surface area contributed by atoms with E-state index in [0.717, 1.165) is 31.6 Å². The van der Waals surface area contributed by atoms with Crippen LogP contribution in [0.4, 0.5) is 0 Å². The second kappa shape index (κ2) is 7.77. The Bertz CT molecular complexity index is 908. The molecule has 0 radical (unpaired) electrons. The summed E-state index contributed by atoms with van der Waals surface area (Å²) in [5.41, 5.74) is 1.89. The van der Waals surface area contributed by atoms with E-state index in [9.17, 15) is 4.79 Å². The van der Waals surface area contributed by atoms with Gasteiger partial charge in [0.15, 0.2) is 0 Å². The lowest BCUT2D eigenvalue weighted by molar-refractivity contribution is -0.136. The zero-order chi connectivity index (χ0) is 17.9. The fraction of sp³-hybridized carbons (Fsp3) is 0.211. The van der Waals surface area contributed by atoms with Crippen LogP contribution in [-0.2, 0) is 18.3 Å². The van der Waals surface area contributed by atoms with Crippen molar-refractivity contribution in [2.75, 3.05) is 0 Å². The molecule has 1 heterocycles. The molecule has 0 aliphatic carbocycles. The molecule has 1 aromatic heterocycles. The fourth-order valence-corrected chi connectivity index (χ4v) is 3.66. The Balaban J connectivity index is 2.58. The van der Waals surface area contributed by atoms with E-state index in [-0.39, 0.29) is 6.42 Å². The maximum Gasteiger partial charge on any atom is 0.307 e. The monoisotopic (exact) mass is 361 g/mol. The van der Waals surface area contributed by atoms with Crippen LogP contribution in [0.2, 0.25) is 0 Å². The predicted octanol–water partition coefficient (Wildman–Crippen LogP) is 3.45. The molecule has 1 N–H and O–H groups in total. The molecule has 0 saturated heterocycles. The summed E-state index contributed by atoms with van der Waals surface area (Å²) in [5, 5.41) is 11.7. The SMILES string of the molecule is C=c1/c(=C\C=C(/C)Cl)c(Sc2ccccc2CC(=O)O)c(C)n1C. The van der Waals surface area contributed by atoms with Crippen LogP contribution in [0.25, 0.3) is 12.7 Å². The van der Waals surface area contributed by atoms with Gasteiger partial charge in [-0.3, -0.25) is 4.79 Å². The smallest absolute Gasteiger partial charge is 0.307 e. The third-order valence-corrected chi connectivity index (χ3v) is 5.26. The molecule has 2 aromatic rings. The minimum absolute atomic E-state index is 0.00598. The average Bonchev–Trinajstić information content (AvgIpc) is 2.71. The van der Waals surface area contributed by atoms with E-state index in [2.05, 4.69) is 6.58 Å². The van der Waals surface area contributed by atoms with Crippen LogP contribution < -0.4 is 10.6 Å². The molecule has 0 bridgehead atoms. The molecule has 0 fully saturated rings. The summed E-state index contributed by atoms with van der Waals surface area (Å²) in [4.78, 5) is 13.1. The Morgan fingerprint density at radius 2 is 2.08 bits per heavy atom. The van der Waals surface area contributed by atoms with Crippen LogP contribution in [0.3, 0.4) is 0 Å². The number of rotatable bonds is 5. The summed E-state index contributed by atoms with van der Waals surface area (Å²) in [6.07, 6.45) is 3.81. The van der Waals surface area contributed by atoms with Crippen LogP contribution in [-0.4, -0.2) is 15.6 Å². The summed E-state index contributed by atoms with van der Waals surface area (Å²) in [7, 11) is 1.97. The first-order chi connectivity index (χ1) is 11.3. The molecule has 5 heteroatoms. The van der Waals surface area contributed by atoms with Crippen molar-refractivity contribution >= 4 is 42.0 Å². The highest BCUT2D eigenvalue weighted by Gasteiger charge is 2.13. The van der Waals surface area contributed by atoms with E-state index in [1.165, 1.54) is 0 Å². The summed E-state index contributed by atoms with van der Waals surface area (Å²) in [6, 6.07) is 7.58. The predicted molar refractivity (Wildman–Crippen MR) is 101 cm³/mol. The number of carboxylic acid groups (broad SMARTS) is 1. The van der Waals surface area contributed by atoms with Crippen molar-refractivity contribution in [2.24, 2.45) is 7.05 Å². The zero-order valence-electron chi connectivity index (χ0n) is 14.0. The number of allylic oxidation sites excluding steroid dienone is 2.